The van der Waals surface area contributed by atoms with Gasteiger partial charge in [-0.15, -0.1) is 0 Å². The second-order valence-corrected chi connectivity index (χ2v) is 18.5. The van der Waals surface area contributed by atoms with Crippen molar-refractivity contribution in [3.8, 4) is 0 Å². The van der Waals surface area contributed by atoms with Gasteiger partial charge in [0.2, 0.25) is 5.91 Å². The van der Waals surface area contributed by atoms with E-state index in [2.05, 4.69) is 104 Å². The number of hydrogen-bond donors (Lipinski definition) is 3. The molecule has 0 aliphatic rings. The van der Waals surface area contributed by atoms with E-state index in [-0.39, 0.29) is 25.5 Å². The van der Waals surface area contributed by atoms with Gasteiger partial charge < -0.3 is 19.8 Å². The fourth-order valence-corrected chi connectivity index (χ4v) is 6.89. The molecule has 1 amide bonds. The lowest BCUT2D eigenvalue weighted by Crippen LogP contribution is -2.45. The molecule has 0 rings (SSSR count). The number of aliphatic hydroxyl groups is 1. The predicted octanol–water partition coefficient (Wildman–Crippen LogP) is 14.1. The van der Waals surface area contributed by atoms with Gasteiger partial charge in [0.25, 0.3) is 0 Å². The largest absolute Gasteiger partial charge is 0.472 e. The molecular weight excluding hydrogens is 792 g/mol. The van der Waals surface area contributed by atoms with Crippen LogP contribution in [0.5, 0.6) is 0 Å². The van der Waals surface area contributed by atoms with Crippen molar-refractivity contribution in [3.63, 3.8) is 0 Å². The molecule has 0 aromatic carbocycles. The molecule has 0 aliphatic carbocycles. The first-order chi connectivity index (χ1) is 30.0. The van der Waals surface area contributed by atoms with Gasteiger partial charge in [-0.1, -0.05) is 187 Å². The molecule has 0 fully saturated rings. The second kappa shape index (κ2) is 43.4. The minimum absolute atomic E-state index is 0.0337. The van der Waals surface area contributed by atoms with Crippen LogP contribution >= 0.6 is 7.82 Å². The summed E-state index contributed by atoms with van der Waals surface area (Å²) in [5.41, 5.74) is 0. The van der Waals surface area contributed by atoms with Crippen molar-refractivity contribution in [1.82, 2.24) is 5.32 Å². The highest BCUT2D eigenvalue weighted by Gasteiger charge is 2.27. The van der Waals surface area contributed by atoms with Gasteiger partial charge in [0.15, 0.2) is 0 Å². The van der Waals surface area contributed by atoms with Crippen molar-refractivity contribution in [2.75, 3.05) is 40.9 Å². The highest BCUT2D eigenvalue weighted by molar-refractivity contribution is 7.47. The summed E-state index contributed by atoms with van der Waals surface area (Å²) in [5.74, 6) is -0.278. The fraction of sp³-hybridized carbons (Fsp3) is 0.642. The van der Waals surface area contributed by atoms with Crippen molar-refractivity contribution in [2.45, 2.75) is 180 Å². The lowest BCUT2D eigenvalue weighted by atomic mass is 10.1. The molecule has 0 aliphatic heterocycles. The summed E-state index contributed by atoms with van der Waals surface area (Å²) in [6, 6.07) is -0.918. The third-order valence-electron chi connectivity index (χ3n) is 9.97. The Morgan fingerprint density at radius 2 is 0.984 bits per heavy atom. The summed E-state index contributed by atoms with van der Waals surface area (Å²) in [6.45, 7) is 4.59. The molecule has 0 aromatic heterocycles. The molecule has 354 valence electrons. The first-order valence-electron chi connectivity index (χ1n) is 24.3. The molecule has 0 saturated heterocycles. The average molecular weight is 884 g/mol. The van der Waals surface area contributed by atoms with E-state index >= 15 is 0 Å². The molecule has 0 spiro atoms. The van der Waals surface area contributed by atoms with Crippen LogP contribution in [0.2, 0.25) is 0 Å². The van der Waals surface area contributed by atoms with E-state index in [0.717, 1.165) is 64.2 Å². The van der Waals surface area contributed by atoms with E-state index in [1.165, 1.54) is 77.0 Å². The molecule has 0 aromatic rings. The Morgan fingerprint density at radius 3 is 1.47 bits per heavy atom. The molecule has 0 bridgehead atoms. The van der Waals surface area contributed by atoms with Gasteiger partial charge in [-0.25, -0.2) is 4.57 Å². The molecule has 3 N–H and O–H groups in total. The third-order valence-corrected chi connectivity index (χ3v) is 11.0. The zero-order valence-electron chi connectivity index (χ0n) is 40.1. The van der Waals surface area contributed by atoms with E-state index in [4.69, 9.17) is 9.05 Å². The Kier molecular flexibility index (Phi) is 41.4. The van der Waals surface area contributed by atoms with Crippen molar-refractivity contribution in [2.24, 2.45) is 0 Å². The molecular formula is C53H92N2O6P+. The van der Waals surface area contributed by atoms with Gasteiger partial charge in [-0.3, -0.25) is 13.8 Å². The van der Waals surface area contributed by atoms with Crippen LogP contribution in [0.3, 0.4) is 0 Å². The van der Waals surface area contributed by atoms with E-state index in [9.17, 15) is 19.4 Å². The summed E-state index contributed by atoms with van der Waals surface area (Å²) in [5, 5.41) is 13.8. The quantitative estimate of drug-likeness (QED) is 0.0244. The number of phosphoric ester groups is 1. The zero-order chi connectivity index (χ0) is 45.7. The van der Waals surface area contributed by atoms with Crippen LogP contribution in [-0.2, 0) is 18.4 Å². The highest BCUT2D eigenvalue weighted by Crippen LogP contribution is 2.43. The minimum atomic E-state index is -4.38. The average Bonchev–Trinajstić information content (AvgIpc) is 3.23. The number of carbonyl (C=O) groups is 1. The van der Waals surface area contributed by atoms with Crippen LogP contribution < -0.4 is 5.32 Å². The molecule has 0 saturated carbocycles. The van der Waals surface area contributed by atoms with E-state index in [0.29, 0.717) is 17.4 Å². The number of likely N-dealkylation sites (N-methyl/N-ethyl adjacent to an activating group) is 1. The van der Waals surface area contributed by atoms with Gasteiger partial charge in [-0.2, -0.15) is 0 Å². The first kappa shape index (κ1) is 59.2. The standard InChI is InChI=1S/C53H91N2O6P/c1-6-8-10-12-14-16-18-20-22-24-26-27-29-30-32-34-36-38-40-42-44-46-52(56)51(50-61-62(58,59)60-49-48-55(3,4)5)54-53(57)47-45-43-41-39-37-35-33-31-28-25-23-21-19-17-15-13-11-9-7-2/h9,11,15,17,21,23,28-31,35-38,41,43-44,46,51-52,56H,6-8,10,12-14,16,18-20,22,24-27,32-34,39-40,42,45,47-50H2,1-5H3,(H-,54,57,58,59)/p+1/b11-9-,17-15-,23-21-,30-29+,31-28-,37-35-,38-36+,43-41-,46-44+. The maximum atomic E-state index is 12.9. The molecule has 62 heavy (non-hydrogen) atoms. The van der Waals surface area contributed by atoms with Gasteiger partial charge in [0.05, 0.1) is 39.9 Å². The number of nitrogens with one attached hydrogen (secondary N) is 1. The number of amides is 1. The summed E-state index contributed by atoms with van der Waals surface area (Å²) in [6.07, 6.45) is 63.3. The van der Waals surface area contributed by atoms with Gasteiger partial charge in [0, 0.05) is 6.42 Å². The van der Waals surface area contributed by atoms with Crippen molar-refractivity contribution in [3.05, 3.63) is 109 Å². The summed E-state index contributed by atoms with van der Waals surface area (Å²) in [4.78, 5) is 23.1. The number of hydrogen-bond acceptors (Lipinski definition) is 5. The number of quaternary nitrogens is 1. The van der Waals surface area contributed by atoms with Crippen LogP contribution in [0, 0.1) is 0 Å². The van der Waals surface area contributed by atoms with Crippen LogP contribution in [0.25, 0.3) is 0 Å². The lowest BCUT2D eigenvalue weighted by Gasteiger charge is -2.25. The van der Waals surface area contributed by atoms with Gasteiger partial charge in [-0.05, 0) is 83.5 Å². The lowest BCUT2D eigenvalue weighted by molar-refractivity contribution is -0.870. The molecule has 3 atom stereocenters. The zero-order valence-corrected chi connectivity index (χ0v) is 41.0. The van der Waals surface area contributed by atoms with Crippen LogP contribution in [0.4, 0.5) is 0 Å². The number of carbonyl (C=O) groups excluding carboxylic acids is 1. The molecule has 8 nitrogen and oxygen atoms in total. The Bertz CT molecular complexity index is 1370. The topological polar surface area (TPSA) is 105 Å². The number of nitrogens with zero attached hydrogens (tertiary/aromatic N) is 1. The van der Waals surface area contributed by atoms with Gasteiger partial charge in [0.1, 0.15) is 13.2 Å². The number of unbranched alkanes of at least 4 members (excludes halogenated alkanes) is 13. The maximum absolute atomic E-state index is 12.9. The molecule has 9 heteroatoms. The number of phosphoric acid groups is 1. The summed E-state index contributed by atoms with van der Waals surface area (Å²) < 4.78 is 23.5. The van der Waals surface area contributed by atoms with E-state index in [1.54, 1.807) is 6.08 Å². The maximum Gasteiger partial charge on any atom is 0.472 e. The second-order valence-electron chi connectivity index (χ2n) is 17.1. The normalized spacial score (nSPS) is 15.1. The van der Waals surface area contributed by atoms with Gasteiger partial charge >= 0.3 is 7.82 Å². The smallest absolute Gasteiger partial charge is 0.387 e. The van der Waals surface area contributed by atoms with E-state index < -0.39 is 20.0 Å². The third kappa shape index (κ3) is 45.2. The Morgan fingerprint density at radius 1 is 0.565 bits per heavy atom. The number of allylic oxidation sites excluding steroid dienone is 17. The van der Waals surface area contributed by atoms with Crippen LogP contribution in [0.1, 0.15) is 168 Å². The monoisotopic (exact) mass is 884 g/mol. The Hall–Kier alpha value is -2.84. The molecule has 0 heterocycles. The first-order valence-corrected chi connectivity index (χ1v) is 25.8. The Labute approximate surface area is 381 Å². The summed E-state index contributed by atoms with van der Waals surface area (Å²) in [7, 11) is 1.48. The highest BCUT2D eigenvalue weighted by atomic mass is 31.2. The van der Waals surface area contributed by atoms with Crippen LogP contribution in [-0.4, -0.2) is 73.4 Å². The summed E-state index contributed by atoms with van der Waals surface area (Å²) >= 11 is 0. The minimum Gasteiger partial charge on any atom is -0.387 e. The van der Waals surface area contributed by atoms with E-state index in [1.807, 2.05) is 39.4 Å². The number of aliphatic hydroxyl groups excluding tert-OH is 1. The van der Waals surface area contributed by atoms with Crippen molar-refractivity contribution in [1.29, 1.82) is 0 Å². The SMILES string of the molecule is CC/C=C\C/C=C\C/C=C\C/C=C\C/C=C\C/C=C\CCC(=O)NC(COP(=O)(O)OCC[N+](C)(C)C)C(O)/C=C/CC/C=C/CC/C=C/CCCCCCCCCCCCC. The molecule has 0 radical (unpaired) electrons. The van der Waals surface area contributed by atoms with Crippen molar-refractivity contribution >= 4 is 13.7 Å². The number of rotatable bonds is 42. The fourth-order valence-electron chi connectivity index (χ4n) is 6.15. The van der Waals surface area contributed by atoms with Crippen molar-refractivity contribution < 1.29 is 32.9 Å². The molecule has 3 unspecified atom stereocenters. The predicted molar refractivity (Wildman–Crippen MR) is 267 cm³/mol. The Balaban J connectivity index is 4.59. The van der Waals surface area contributed by atoms with Crippen LogP contribution in [0.15, 0.2) is 109 Å².